The molecule has 1 aliphatic heterocycles. The molecule has 1 fully saturated rings. The van der Waals surface area contributed by atoms with Gasteiger partial charge in [0.15, 0.2) is 0 Å². The Balaban J connectivity index is 1.94. The zero-order valence-electron chi connectivity index (χ0n) is 12.5. The smallest absolute Gasteiger partial charge is 0.0619 e. The molecule has 0 amide bonds. The predicted molar refractivity (Wildman–Crippen MR) is 86.8 cm³/mol. The van der Waals surface area contributed by atoms with Crippen LogP contribution < -0.4 is 5.32 Å². The Morgan fingerprint density at radius 3 is 3.00 bits per heavy atom. The van der Waals surface area contributed by atoms with Crippen LogP contribution in [0.15, 0.2) is 22.7 Å². The first-order valence-electron chi connectivity index (χ1n) is 7.50. The Kier molecular flexibility index (Phi) is 6.49. The lowest BCUT2D eigenvalue weighted by Gasteiger charge is -2.33. The number of nitrogens with zero attached hydrogens (tertiary/aromatic N) is 1. The van der Waals surface area contributed by atoms with Gasteiger partial charge in [0.2, 0.25) is 0 Å². The predicted octanol–water partition coefficient (Wildman–Crippen LogP) is 3.17. The van der Waals surface area contributed by atoms with Gasteiger partial charge in [-0.05, 0) is 37.1 Å². The van der Waals surface area contributed by atoms with Gasteiger partial charge in [-0.1, -0.05) is 35.0 Å². The summed E-state index contributed by atoms with van der Waals surface area (Å²) in [7, 11) is 0. The Hall–Kier alpha value is -0.420. The number of hydrogen-bond acceptors (Lipinski definition) is 3. The zero-order chi connectivity index (χ0) is 14.4. The highest BCUT2D eigenvalue weighted by atomic mass is 79.9. The number of hydrogen-bond donors (Lipinski definition) is 1. The largest absolute Gasteiger partial charge is 0.379 e. The monoisotopic (exact) mass is 340 g/mol. The average Bonchev–Trinajstić information content (AvgIpc) is 2.44. The van der Waals surface area contributed by atoms with Crippen LogP contribution in [0.25, 0.3) is 0 Å². The molecule has 1 aromatic carbocycles. The quantitative estimate of drug-likeness (QED) is 0.805. The molecule has 1 aromatic rings. The molecule has 1 atom stereocenters. The maximum atomic E-state index is 5.49. The highest BCUT2D eigenvalue weighted by molar-refractivity contribution is 9.10. The third-order valence-electron chi connectivity index (χ3n) is 3.75. The number of nitrogens with one attached hydrogen (secondary N) is 1. The number of rotatable bonds is 6. The molecule has 1 N–H and O–H groups in total. The van der Waals surface area contributed by atoms with E-state index in [0.29, 0.717) is 6.04 Å². The Labute approximate surface area is 130 Å². The van der Waals surface area contributed by atoms with Gasteiger partial charge in [-0.2, -0.15) is 0 Å². The van der Waals surface area contributed by atoms with E-state index in [1.54, 1.807) is 0 Å². The van der Waals surface area contributed by atoms with Crippen molar-refractivity contribution in [2.45, 2.75) is 39.4 Å². The lowest BCUT2D eigenvalue weighted by atomic mass is 10.1. The molecule has 4 heteroatoms. The fourth-order valence-corrected chi connectivity index (χ4v) is 3.01. The molecule has 0 aliphatic carbocycles. The molecule has 1 unspecified atom stereocenters. The molecular weight excluding hydrogens is 316 g/mol. The van der Waals surface area contributed by atoms with E-state index in [2.05, 4.69) is 58.2 Å². The molecule has 1 aliphatic rings. The summed E-state index contributed by atoms with van der Waals surface area (Å²) in [4.78, 5) is 2.48. The summed E-state index contributed by atoms with van der Waals surface area (Å²) in [5.74, 6) is 0. The van der Waals surface area contributed by atoms with Gasteiger partial charge in [-0.15, -0.1) is 0 Å². The molecule has 0 bridgehead atoms. The third kappa shape index (κ3) is 4.55. The van der Waals surface area contributed by atoms with Gasteiger partial charge in [0, 0.05) is 30.1 Å². The summed E-state index contributed by atoms with van der Waals surface area (Å²) in [6.07, 6.45) is 1.17. The van der Waals surface area contributed by atoms with Crippen LogP contribution in [-0.2, 0) is 17.8 Å². The van der Waals surface area contributed by atoms with Crippen LogP contribution >= 0.6 is 15.9 Å². The van der Waals surface area contributed by atoms with Crippen LogP contribution in [0.2, 0.25) is 0 Å². The third-order valence-corrected chi connectivity index (χ3v) is 4.49. The van der Waals surface area contributed by atoms with Crippen molar-refractivity contribution in [2.24, 2.45) is 0 Å². The molecule has 0 spiro atoms. The summed E-state index contributed by atoms with van der Waals surface area (Å²) in [5, 5.41) is 3.44. The molecule has 3 nitrogen and oxygen atoms in total. The van der Waals surface area contributed by atoms with Gasteiger partial charge < -0.3 is 10.1 Å². The summed E-state index contributed by atoms with van der Waals surface area (Å²) < 4.78 is 6.71. The molecule has 1 saturated heterocycles. The van der Waals surface area contributed by atoms with Crippen LogP contribution in [0.3, 0.4) is 0 Å². The first-order valence-corrected chi connectivity index (χ1v) is 8.29. The van der Waals surface area contributed by atoms with Gasteiger partial charge in [-0.25, -0.2) is 0 Å². The standard InChI is InChI=1S/C16H25BrN2O/c1-3-6-18-10-14-4-5-15(16(17)9-14)11-19-7-8-20-12-13(19)2/h4-5,9,13,18H,3,6-8,10-12H2,1-2H3. The van der Waals surface area contributed by atoms with Crippen molar-refractivity contribution in [3.8, 4) is 0 Å². The van der Waals surface area contributed by atoms with E-state index < -0.39 is 0 Å². The minimum absolute atomic E-state index is 0.501. The van der Waals surface area contributed by atoms with E-state index in [4.69, 9.17) is 4.74 Å². The maximum Gasteiger partial charge on any atom is 0.0619 e. The number of halogens is 1. The molecule has 0 aromatic heterocycles. The Morgan fingerprint density at radius 2 is 2.30 bits per heavy atom. The van der Waals surface area contributed by atoms with Crippen molar-refractivity contribution in [1.29, 1.82) is 0 Å². The SMILES string of the molecule is CCCNCc1ccc(CN2CCOCC2C)c(Br)c1. The average molecular weight is 341 g/mol. The minimum Gasteiger partial charge on any atom is -0.379 e. The van der Waals surface area contributed by atoms with Crippen molar-refractivity contribution in [2.75, 3.05) is 26.3 Å². The summed E-state index contributed by atoms with van der Waals surface area (Å²) in [5.41, 5.74) is 2.70. The first kappa shape index (κ1) is 16.0. The molecule has 112 valence electrons. The van der Waals surface area contributed by atoms with Gasteiger partial charge in [0.05, 0.1) is 13.2 Å². The minimum atomic E-state index is 0.501. The lowest BCUT2D eigenvalue weighted by Crippen LogP contribution is -2.42. The van der Waals surface area contributed by atoms with E-state index in [9.17, 15) is 0 Å². The fraction of sp³-hybridized carbons (Fsp3) is 0.625. The van der Waals surface area contributed by atoms with Crippen LogP contribution in [0.5, 0.6) is 0 Å². The first-order chi connectivity index (χ1) is 9.70. The molecule has 0 saturated carbocycles. The van der Waals surface area contributed by atoms with Gasteiger partial charge in [0.1, 0.15) is 0 Å². The Morgan fingerprint density at radius 1 is 1.45 bits per heavy atom. The zero-order valence-corrected chi connectivity index (χ0v) is 14.1. The van der Waals surface area contributed by atoms with Crippen molar-refractivity contribution in [3.05, 3.63) is 33.8 Å². The van der Waals surface area contributed by atoms with Gasteiger partial charge in [0.25, 0.3) is 0 Å². The van der Waals surface area contributed by atoms with E-state index >= 15 is 0 Å². The normalized spacial score (nSPS) is 20.2. The summed E-state index contributed by atoms with van der Waals surface area (Å²) in [6.45, 7) is 10.1. The molecule has 0 radical (unpaired) electrons. The fourth-order valence-electron chi connectivity index (χ4n) is 2.45. The molecule has 20 heavy (non-hydrogen) atoms. The summed E-state index contributed by atoms with van der Waals surface area (Å²) in [6, 6.07) is 7.22. The highest BCUT2D eigenvalue weighted by Gasteiger charge is 2.19. The molecule has 1 heterocycles. The topological polar surface area (TPSA) is 24.5 Å². The lowest BCUT2D eigenvalue weighted by molar-refractivity contribution is -0.00445. The van der Waals surface area contributed by atoms with Gasteiger partial charge in [-0.3, -0.25) is 4.90 Å². The second kappa shape index (κ2) is 8.13. The van der Waals surface area contributed by atoms with E-state index in [1.165, 1.54) is 22.0 Å². The number of ether oxygens (including phenoxy) is 1. The highest BCUT2D eigenvalue weighted by Crippen LogP contribution is 2.22. The van der Waals surface area contributed by atoms with Crippen LogP contribution in [-0.4, -0.2) is 37.2 Å². The molecular formula is C16H25BrN2O. The van der Waals surface area contributed by atoms with Crippen LogP contribution in [0.4, 0.5) is 0 Å². The number of benzene rings is 1. The van der Waals surface area contributed by atoms with Crippen molar-refractivity contribution >= 4 is 15.9 Å². The maximum absolute atomic E-state index is 5.49. The van der Waals surface area contributed by atoms with E-state index in [0.717, 1.165) is 39.4 Å². The molecule has 2 rings (SSSR count). The van der Waals surface area contributed by atoms with Crippen molar-refractivity contribution < 1.29 is 4.74 Å². The van der Waals surface area contributed by atoms with Crippen molar-refractivity contribution in [1.82, 2.24) is 10.2 Å². The second-order valence-corrected chi connectivity index (χ2v) is 6.35. The Bertz CT molecular complexity index is 425. The van der Waals surface area contributed by atoms with E-state index in [-0.39, 0.29) is 0 Å². The van der Waals surface area contributed by atoms with Crippen LogP contribution in [0, 0.1) is 0 Å². The van der Waals surface area contributed by atoms with Gasteiger partial charge >= 0.3 is 0 Å². The van der Waals surface area contributed by atoms with Crippen molar-refractivity contribution in [3.63, 3.8) is 0 Å². The summed E-state index contributed by atoms with van der Waals surface area (Å²) >= 11 is 3.72. The van der Waals surface area contributed by atoms with E-state index in [1.807, 2.05) is 0 Å². The number of morpholine rings is 1. The second-order valence-electron chi connectivity index (χ2n) is 5.50. The van der Waals surface area contributed by atoms with Crippen LogP contribution in [0.1, 0.15) is 31.4 Å².